The van der Waals surface area contributed by atoms with Gasteiger partial charge in [0, 0.05) is 18.8 Å². The molecular formula is C13H19N3O3S. The van der Waals surface area contributed by atoms with E-state index in [1.165, 1.54) is 32.0 Å². The second-order valence-electron chi connectivity index (χ2n) is 4.83. The van der Waals surface area contributed by atoms with Crippen molar-refractivity contribution in [2.24, 2.45) is 0 Å². The Balaban J connectivity index is 1.91. The number of thioether (sulfide) groups is 1. The normalized spacial score (nSPS) is 15.6. The molecule has 1 fully saturated rings. The number of likely N-dealkylation sites (tertiary alicyclic amines) is 1. The highest BCUT2D eigenvalue weighted by Crippen LogP contribution is 2.14. The fourth-order valence-electron chi connectivity index (χ4n) is 2.30. The van der Waals surface area contributed by atoms with E-state index < -0.39 is 5.97 Å². The fourth-order valence-corrected chi connectivity index (χ4v) is 3.02. The van der Waals surface area contributed by atoms with Gasteiger partial charge in [-0.2, -0.15) is 4.98 Å². The Bertz CT molecular complexity index is 512. The van der Waals surface area contributed by atoms with Crippen molar-refractivity contribution in [3.8, 4) is 0 Å². The van der Waals surface area contributed by atoms with Gasteiger partial charge in [-0.15, -0.1) is 0 Å². The number of carboxylic acids is 1. The summed E-state index contributed by atoms with van der Waals surface area (Å²) in [6.45, 7) is 4.13. The van der Waals surface area contributed by atoms with Crippen molar-refractivity contribution < 1.29 is 9.90 Å². The molecule has 0 unspecified atom stereocenters. The average Bonchev–Trinajstić information content (AvgIpc) is 2.91. The van der Waals surface area contributed by atoms with Gasteiger partial charge in [0.05, 0.1) is 5.75 Å². The minimum atomic E-state index is -0.906. The second kappa shape index (κ2) is 7.44. The molecule has 2 rings (SSSR count). The quantitative estimate of drug-likeness (QED) is 0.595. The van der Waals surface area contributed by atoms with E-state index in [0.29, 0.717) is 5.16 Å². The SMILES string of the molecule is O=C(O)CSc1nc(=O)ccn1CCCN1CCCC1. The molecule has 0 aliphatic carbocycles. The van der Waals surface area contributed by atoms with Gasteiger partial charge in [-0.3, -0.25) is 9.59 Å². The highest BCUT2D eigenvalue weighted by molar-refractivity contribution is 7.99. The van der Waals surface area contributed by atoms with Crippen LogP contribution in [-0.4, -0.2) is 50.9 Å². The molecule has 0 atom stereocenters. The number of nitrogens with zero attached hydrogens (tertiary/aromatic N) is 3. The molecule has 6 nitrogen and oxygen atoms in total. The molecule has 0 bridgehead atoms. The van der Waals surface area contributed by atoms with Crippen LogP contribution >= 0.6 is 11.8 Å². The van der Waals surface area contributed by atoms with Crippen molar-refractivity contribution in [2.75, 3.05) is 25.4 Å². The van der Waals surface area contributed by atoms with Crippen molar-refractivity contribution in [2.45, 2.75) is 31.0 Å². The zero-order chi connectivity index (χ0) is 14.4. The number of carboxylic acid groups (broad SMARTS) is 1. The van der Waals surface area contributed by atoms with E-state index in [1.54, 1.807) is 6.20 Å². The zero-order valence-electron chi connectivity index (χ0n) is 11.3. The van der Waals surface area contributed by atoms with E-state index in [2.05, 4.69) is 9.88 Å². The lowest BCUT2D eigenvalue weighted by atomic mass is 10.4. The van der Waals surface area contributed by atoms with E-state index in [-0.39, 0.29) is 11.3 Å². The number of hydrogen-bond acceptors (Lipinski definition) is 5. The molecule has 20 heavy (non-hydrogen) atoms. The highest BCUT2D eigenvalue weighted by Gasteiger charge is 2.11. The molecule has 0 spiro atoms. The molecular weight excluding hydrogens is 278 g/mol. The number of carbonyl (C=O) groups is 1. The second-order valence-corrected chi connectivity index (χ2v) is 5.77. The molecule has 0 saturated carbocycles. The van der Waals surface area contributed by atoms with Gasteiger partial charge in [-0.25, -0.2) is 0 Å². The maximum absolute atomic E-state index is 11.3. The zero-order valence-corrected chi connectivity index (χ0v) is 12.1. The van der Waals surface area contributed by atoms with Crippen LogP contribution in [0.2, 0.25) is 0 Å². The third kappa shape index (κ3) is 4.64. The Morgan fingerprint density at radius 2 is 2.10 bits per heavy atom. The van der Waals surface area contributed by atoms with Crippen molar-refractivity contribution >= 4 is 17.7 Å². The van der Waals surface area contributed by atoms with Gasteiger partial charge in [0.15, 0.2) is 5.16 Å². The summed E-state index contributed by atoms with van der Waals surface area (Å²) in [4.78, 5) is 28.2. The van der Waals surface area contributed by atoms with E-state index in [0.717, 1.165) is 31.3 Å². The summed E-state index contributed by atoms with van der Waals surface area (Å²) < 4.78 is 1.87. The Morgan fingerprint density at radius 3 is 2.80 bits per heavy atom. The molecule has 1 aliphatic heterocycles. The van der Waals surface area contributed by atoms with Crippen LogP contribution in [0.4, 0.5) is 0 Å². The Kier molecular flexibility index (Phi) is 5.60. The van der Waals surface area contributed by atoms with Crippen molar-refractivity contribution in [1.82, 2.24) is 14.5 Å². The monoisotopic (exact) mass is 297 g/mol. The van der Waals surface area contributed by atoms with E-state index in [4.69, 9.17) is 5.11 Å². The molecule has 1 aromatic rings. The number of hydrogen-bond donors (Lipinski definition) is 1. The first-order chi connectivity index (χ1) is 9.65. The lowest BCUT2D eigenvalue weighted by molar-refractivity contribution is -0.133. The third-order valence-corrected chi connectivity index (χ3v) is 4.22. The number of aromatic nitrogens is 2. The van der Waals surface area contributed by atoms with Gasteiger partial charge >= 0.3 is 5.97 Å². The summed E-state index contributed by atoms with van der Waals surface area (Å²) in [5, 5.41) is 9.20. The first-order valence-electron chi connectivity index (χ1n) is 6.79. The van der Waals surface area contributed by atoms with Gasteiger partial charge < -0.3 is 14.6 Å². The summed E-state index contributed by atoms with van der Waals surface area (Å²) in [6.07, 6.45) is 5.23. The van der Waals surface area contributed by atoms with Crippen LogP contribution in [0.3, 0.4) is 0 Å². The van der Waals surface area contributed by atoms with Crippen LogP contribution in [-0.2, 0) is 11.3 Å². The smallest absolute Gasteiger partial charge is 0.313 e. The fraction of sp³-hybridized carbons (Fsp3) is 0.615. The Hall–Kier alpha value is -1.34. The molecule has 1 N–H and O–H groups in total. The molecule has 110 valence electrons. The lowest BCUT2D eigenvalue weighted by Crippen LogP contribution is -2.22. The van der Waals surface area contributed by atoms with Crippen LogP contribution in [0.1, 0.15) is 19.3 Å². The van der Waals surface area contributed by atoms with Crippen LogP contribution in [0.25, 0.3) is 0 Å². The van der Waals surface area contributed by atoms with Crippen LogP contribution in [0.15, 0.2) is 22.2 Å². The van der Waals surface area contributed by atoms with Gasteiger partial charge in [-0.05, 0) is 38.9 Å². The summed E-state index contributed by atoms with van der Waals surface area (Å²) in [5.41, 5.74) is -0.325. The molecule has 1 saturated heterocycles. The minimum absolute atomic E-state index is 0.0808. The molecule has 2 heterocycles. The minimum Gasteiger partial charge on any atom is -0.481 e. The molecule has 1 aliphatic rings. The lowest BCUT2D eigenvalue weighted by Gasteiger charge is -2.16. The topological polar surface area (TPSA) is 75.4 Å². The molecule has 7 heteroatoms. The van der Waals surface area contributed by atoms with E-state index in [9.17, 15) is 9.59 Å². The molecule has 0 radical (unpaired) electrons. The summed E-state index contributed by atoms with van der Waals surface area (Å²) in [6, 6.07) is 1.42. The van der Waals surface area contributed by atoms with Crippen molar-refractivity contribution in [1.29, 1.82) is 0 Å². The van der Waals surface area contributed by atoms with Gasteiger partial charge in [-0.1, -0.05) is 11.8 Å². The maximum atomic E-state index is 11.3. The van der Waals surface area contributed by atoms with Gasteiger partial charge in [0.25, 0.3) is 5.56 Å². The molecule has 0 amide bonds. The van der Waals surface area contributed by atoms with E-state index in [1.807, 2.05) is 4.57 Å². The molecule has 0 aromatic carbocycles. The van der Waals surface area contributed by atoms with Gasteiger partial charge in [0.1, 0.15) is 0 Å². The number of aryl methyl sites for hydroxylation is 1. The van der Waals surface area contributed by atoms with Crippen molar-refractivity contribution in [3.63, 3.8) is 0 Å². The average molecular weight is 297 g/mol. The van der Waals surface area contributed by atoms with Crippen LogP contribution in [0.5, 0.6) is 0 Å². The standard InChI is InChI=1S/C13H19N3O3S/c17-11-4-9-16(13(14-11)20-10-12(18)19)8-3-7-15-5-1-2-6-15/h4,9H,1-3,5-8,10H2,(H,18,19). The Morgan fingerprint density at radius 1 is 1.35 bits per heavy atom. The van der Waals surface area contributed by atoms with Crippen LogP contribution < -0.4 is 5.56 Å². The predicted octanol–water partition coefficient (Wildman–Crippen LogP) is 0.906. The summed E-state index contributed by atoms with van der Waals surface area (Å²) >= 11 is 1.09. The number of aliphatic carboxylic acids is 1. The third-order valence-electron chi connectivity index (χ3n) is 3.25. The predicted molar refractivity (Wildman–Crippen MR) is 77.1 cm³/mol. The van der Waals surface area contributed by atoms with Crippen molar-refractivity contribution in [3.05, 3.63) is 22.6 Å². The summed E-state index contributed by atoms with van der Waals surface area (Å²) in [7, 11) is 0. The maximum Gasteiger partial charge on any atom is 0.313 e. The highest BCUT2D eigenvalue weighted by atomic mass is 32.2. The number of rotatable bonds is 7. The molecule has 1 aromatic heterocycles. The van der Waals surface area contributed by atoms with Crippen LogP contribution in [0, 0.1) is 0 Å². The summed E-state index contributed by atoms with van der Waals surface area (Å²) in [5.74, 6) is -0.987. The first kappa shape index (κ1) is 15.1. The van der Waals surface area contributed by atoms with E-state index >= 15 is 0 Å². The Labute approximate surface area is 121 Å². The largest absolute Gasteiger partial charge is 0.481 e. The first-order valence-corrected chi connectivity index (χ1v) is 7.78. The van der Waals surface area contributed by atoms with Gasteiger partial charge in [0.2, 0.25) is 0 Å².